The molecule has 1 rings (SSSR count). The number of halogens is 5. The van der Waals surface area contributed by atoms with Crippen molar-refractivity contribution >= 4 is 33.4 Å². The van der Waals surface area contributed by atoms with Crippen molar-refractivity contribution in [3.05, 3.63) is 28.5 Å². The molecule has 0 saturated carbocycles. The molecule has 0 atom stereocenters. The summed E-state index contributed by atoms with van der Waals surface area (Å²) in [5.41, 5.74) is -3.75. The van der Waals surface area contributed by atoms with Crippen molar-refractivity contribution in [2.75, 3.05) is 17.6 Å². The largest absolute Gasteiger partial charge is 0.441 e. The third-order valence-electron chi connectivity index (χ3n) is 1.62. The van der Waals surface area contributed by atoms with Crippen LogP contribution in [0.2, 0.25) is 0 Å². The molecule has 1 N–H and O–H groups in total. The van der Waals surface area contributed by atoms with Crippen LogP contribution >= 0.6 is 27.7 Å². The maximum Gasteiger partial charge on any atom is 0.441 e. The van der Waals surface area contributed by atoms with Crippen molar-refractivity contribution in [1.29, 1.82) is 0 Å². The minimum absolute atomic E-state index is 0.105. The van der Waals surface area contributed by atoms with E-state index in [0.717, 1.165) is 0 Å². The van der Waals surface area contributed by atoms with Crippen LogP contribution in [-0.2, 0) is 0 Å². The lowest BCUT2D eigenvalue weighted by atomic mass is 10.3. The lowest BCUT2D eigenvalue weighted by Gasteiger charge is -2.08. The average Bonchev–Trinajstić information content (AvgIpc) is 2.17. The van der Waals surface area contributed by atoms with Crippen LogP contribution in [0.25, 0.3) is 0 Å². The molecule has 0 spiro atoms. The highest BCUT2D eigenvalue weighted by molar-refractivity contribution is 9.10. The van der Waals surface area contributed by atoms with Crippen molar-refractivity contribution in [2.24, 2.45) is 0 Å². The molecule has 0 amide bonds. The lowest BCUT2D eigenvalue weighted by molar-refractivity contribution is -0.0327. The molecule has 0 aliphatic rings. The van der Waals surface area contributed by atoms with E-state index in [9.17, 15) is 17.6 Å². The Balaban J connectivity index is 2.35. The predicted molar refractivity (Wildman–Crippen MR) is 61.1 cm³/mol. The Labute approximate surface area is 103 Å². The molecule has 0 radical (unpaired) electrons. The van der Waals surface area contributed by atoms with Crippen molar-refractivity contribution < 1.29 is 17.6 Å². The van der Waals surface area contributed by atoms with Gasteiger partial charge in [-0.1, -0.05) is 0 Å². The quantitative estimate of drug-likeness (QED) is 0.658. The number of benzene rings is 1. The van der Waals surface area contributed by atoms with Gasteiger partial charge in [0.1, 0.15) is 5.82 Å². The summed E-state index contributed by atoms with van der Waals surface area (Å²) in [6.07, 6.45) is 0. The summed E-state index contributed by atoms with van der Waals surface area (Å²) in [5, 5.41) is 2.70. The fraction of sp³-hybridized carbons (Fsp3) is 0.333. The van der Waals surface area contributed by atoms with Gasteiger partial charge in [-0.25, -0.2) is 4.39 Å². The molecule has 0 aromatic heterocycles. The maximum absolute atomic E-state index is 13.0. The van der Waals surface area contributed by atoms with Crippen LogP contribution in [-0.4, -0.2) is 17.8 Å². The normalized spacial score (nSPS) is 11.6. The fourth-order valence-corrected chi connectivity index (χ4v) is 1.65. The molecule has 0 heterocycles. The van der Waals surface area contributed by atoms with Gasteiger partial charge in [0.25, 0.3) is 0 Å². The van der Waals surface area contributed by atoms with Crippen molar-refractivity contribution in [1.82, 2.24) is 0 Å². The number of anilines is 1. The average molecular weight is 318 g/mol. The van der Waals surface area contributed by atoms with E-state index in [1.54, 1.807) is 6.07 Å². The summed E-state index contributed by atoms with van der Waals surface area (Å²) in [6, 6.07) is 4.31. The minimum atomic E-state index is -4.22. The second-order valence-corrected chi connectivity index (χ2v) is 4.86. The molecule has 0 bridgehead atoms. The highest BCUT2D eigenvalue weighted by Gasteiger charge is 2.27. The second kappa shape index (κ2) is 5.77. The van der Waals surface area contributed by atoms with Crippen LogP contribution in [0.15, 0.2) is 22.7 Å². The van der Waals surface area contributed by atoms with Gasteiger partial charge >= 0.3 is 5.51 Å². The summed E-state index contributed by atoms with van der Waals surface area (Å²) in [7, 11) is 0. The summed E-state index contributed by atoms with van der Waals surface area (Å²) >= 11 is 2.88. The van der Waals surface area contributed by atoms with Gasteiger partial charge < -0.3 is 5.32 Å². The summed E-state index contributed by atoms with van der Waals surface area (Å²) in [4.78, 5) is 0. The van der Waals surface area contributed by atoms with Crippen molar-refractivity contribution in [3.63, 3.8) is 0 Å². The van der Waals surface area contributed by atoms with Crippen LogP contribution in [0, 0.1) is 5.82 Å². The summed E-state index contributed by atoms with van der Waals surface area (Å²) in [6.45, 7) is 0.130. The zero-order valence-electron chi connectivity index (χ0n) is 7.94. The smallest absolute Gasteiger partial charge is 0.384 e. The summed E-state index contributed by atoms with van der Waals surface area (Å²) in [5.74, 6) is -0.560. The number of alkyl halides is 3. The Morgan fingerprint density at radius 1 is 1.31 bits per heavy atom. The number of hydrogen-bond acceptors (Lipinski definition) is 2. The molecule has 0 unspecified atom stereocenters. The zero-order chi connectivity index (χ0) is 12.2. The van der Waals surface area contributed by atoms with Gasteiger partial charge in [-0.05, 0) is 45.9 Å². The van der Waals surface area contributed by atoms with Gasteiger partial charge in [-0.3, -0.25) is 0 Å². The first-order chi connectivity index (χ1) is 7.38. The van der Waals surface area contributed by atoms with Crippen molar-refractivity contribution in [3.8, 4) is 0 Å². The van der Waals surface area contributed by atoms with Gasteiger partial charge in [0.2, 0.25) is 0 Å². The highest BCUT2D eigenvalue weighted by atomic mass is 79.9. The van der Waals surface area contributed by atoms with Crippen LogP contribution in [0.3, 0.4) is 0 Å². The molecule has 0 aliphatic heterocycles. The molecule has 0 fully saturated rings. The maximum atomic E-state index is 13.0. The number of thioether (sulfide) groups is 1. The molecule has 16 heavy (non-hydrogen) atoms. The van der Waals surface area contributed by atoms with Gasteiger partial charge in [0.15, 0.2) is 0 Å². The Morgan fingerprint density at radius 3 is 2.56 bits per heavy atom. The molecular formula is C9H8BrF4NS. The third kappa shape index (κ3) is 5.07. The number of hydrogen-bond donors (Lipinski definition) is 1. The minimum Gasteiger partial charge on any atom is -0.384 e. The Morgan fingerprint density at radius 2 is 2.00 bits per heavy atom. The first-order valence-electron chi connectivity index (χ1n) is 4.28. The van der Waals surface area contributed by atoms with Gasteiger partial charge in [-0.15, -0.1) is 0 Å². The Hall–Kier alpha value is -0.430. The van der Waals surface area contributed by atoms with E-state index in [4.69, 9.17) is 0 Å². The van der Waals surface area contributed by atoms with Crippen LogP contribution < -0.4 is 5.32 Å². The van der Waals surface area contributed by atoms with Gasteiger partial charge in [0.05, 0.1) is 4.47 Å². The molecular weight excluding hydrogens is 310 g/mol. The lowest BCUT2D eigenvalue weighted by Crippen LogP contribution is -2.09. The monoisotopic (exact) mass is 317 g/mol. The van der Waals surface area contributed by atoms with E-state index in [1.807, 2.05) is 0 Å². The molecule has 7 heteroatoms. The van der Waals surface area contributed by atoms with Crippen LogP contribution in [0.4, 0.5) is 23.2 Å². The first kappa shape index (κ1) is 13.6. The standard InChI is InChI=1S/C9H8BrF4NS/c10-7-2-1-6(5-8(7)11)15-3-4-16-9(12,13)14/h1-2,5,15H,3-4H2. The van der Waals surface area contributed by atoms with E-state index in [-0.39, 0.29) is 24.1 Å². The van der Waals surface area contributed by atoms with E-state index in [1.165, 1.54) is 12.1 Å². The Kier molecular flexibility index (Phi) is 4.91. The van der Waals surface area contributed by atoms with Gasteiger partial charge in [-0.2, -0.15) is 13.2 Å². The van der Waals surface area contributed by atoms with E-state index < -0.39 is 11.3 Å². The highest BCUT2D eigenvalue weighted by Crippen LogP contribution is 2.29. The van der Waals surface area contributed by atoms with Crippen LogP contribution in [0.1, 0.15) is 0 Å². The molecule has 1 aromatic carbocycles. The zero-order valence-corrected chi connectivity index (χ0v) is 10.3. The van der Waals surface area contributed by atoms with E-state index in [2.05, 4.69) is 21.2 Å². The number of nitrogens with one attached hydrogen (secondary N) is 1. The van der Waals surface area contributed by atoms with E-state index >= 15 is 0 Å². The second-order valence-electron chi connectivity index (χ2n) is 2.85. The third-order valence-corrected chi connectivity index (χ3v) is 3.00. The van der Waals surface area contributed by atoms with Gasteiger partial charge in [0, 0.05) is 18.0 Å². The molecule has 0 aliphatic carbocycles. The molecule has 90 valence electrons. The van der Waals surface area contributed by atoms with E-state index in [0.29, 0.717) is 10.2 Å². The van der Waals surface area contributed by atoms with Crippen LogP contribution in [0.5, 0.6) is 0 Å². The number of rotatable bonds is 4. The first-order valence-corrected chi connectivity index (χ1v) is 6.06. The topological polar surface area (TPSA) is 12.0 Å². The summed E-state index contributed by atoms with van der Waals surface area (Å²) < 4.78 is 48.6. The fourth-order valence-electron chi connectivity index (χ4n) is 0.968. The SMILES string of the molecule is Fc1cc(NCCSC(F)(F)F)ccc1Br. The molecule has 0 saturated heterocycles. The molecule has 1 aromatic rings. The van der Waals surface area contributed by atoms with Crippen molar-refractivity contribution in [2.45, 2.75) is 5.51 Å². The molecule has 1 nitrogen and oxygen atoms in total. The predicted octanol–water partition coefficient (Wildman–Crippen LogP) is 4.25. The Bertz CT molecular complexity index is 356.